The zero-order valence-corrected chi connectivity index (χ0v) is 93.5. The molecule has 4 aliphatic heterocycles. The van der Waals surface area contributed by atoms with Gasteiger partial charge in [-0.05, 0) is 262 Å². The Morgan fingerprint density at radius 2 is 0.377 bits per heavy atom. The monoisotopic (exact) mass is 1930 g/mol. The zero-order chi connectivity index (χ0) is 106. The van der Waals surface area contributed by atoms with E-state index in [0.29, 0.717) is 45.0 Å². The van der Waals surface area contributed by atoms with Crippen LogP contribution in [0, 0.1) is 39.7 Å². The van der Waals surface area contributed by atoms with E-state index < -0.39 is 0 Å². The molecule has 13 aromatic rings. The van der Waals surface area contributed by atoms with Crippen molar-refractivity contribution in [3.8, 4) is 90.4 Å². The first-order valence-electron chi connectivity index (χ1n) is 52.1. The van der Waals surface area contributed by atoms with Gasteiger partial charge in [-0.2, -0.15) is 0 Å². The summed E-state index contributed by atoms with van der Waals surface area (Å²) in [7, 11) is 0. The molecule has 0 saturated carbocycles. The average molecular weight is 1930 g/mol. The molecule has 0 radical (unpaired) electrons. The van der Waals surface area contributed by atoms with Crippen molar-refractivity contribution >= 4 is 98.4 Å². The van der Waals surface area contributed by atoms with E-state index in [1.165, 1.54) is 78.9 Å². The fraction of sp³-hybridized carbons (Fsp3) is 0.356. The number of hydrogen-bond acceptors (Lipinski definition) is 6. The van der Waals surface area contributed by atoms with Gasteiger partial charge in [0.05, 0.1) is 79.2 Å². The maximum Gasteiger partial charge on any atom is 0.284 e. The Kier molecular flexibility index (Phi) is 26.0. The number of hydrogen-bond donors (Lipinski definition) is 4. The summed E-state index contributed by atoms with van der Waals surface area (Å²) in [6.07, 6.45) is 17.3. The van der Waals surface area contributed by atoms with Crippen LogP contribution in [-0.4, -0.2) is 44.8 Å². The van der Waals surface area contributed by atoms with E-state index in [9.17, 15) is 10.1 Å². The van der Waals surface area contributed by atoms with Crippen molar-refractivity contribution in [2.24, 2.45) is 0 Å². The summed E-state index contributed by atoms with van der Waals surface area (Å²) in [6.45, 7) is 82.6. The van der Waals surface area contributed by atoms with E-state index in [0.717, 1.165) is 134 Å². The highest BCUT2D eigenvalue weighted by atomic mass is 16.6. The third kappa shape index (κ3) is 21.4. The van der Waals surface area contributed by atoms with E-state index in [-0.39, 0.29) is 75.6 Å². The highest BCUT2D eigenvalue weighted by Gasteiger charge is 2.34. The molecule has 16 bridgehead atoms. The van der Waals surface area contributed by atoms with Crippen LogP contribution in [0.1, 0.15) is 378 Å². The van der Waals surface area contributed by atoms with Crippen LogP contribution in [0.4, 0.5) is 5.69 Å². The molecule has 0 aliphatic carbocycles. The number of nitro benzene ring substituents is 1. The molecule has 0 atom stereocenters. The van der Waals surface area contributed by atoms with E-state index in [2.05, 4.69) is 499 Å². The minimum absolute atomic E-state index is 0.0696. The van der Waals surface area contributed by atoms with Gasteiger partial charge in [-0.1, -0.05) is 358 Å². The number of nitrogens with zero attached hydrogens (tertiary/aromatic N) is 5. The van der Waals surface area contributed by atoms with E-state index >= 15 is 0 Å². The molecular formula is C135H150N9O2+. The number of rotatable bonds is 8. The van der Waals surface area contributed by atoms with Crippen LogP contribution in [0.2, 0.25) is 0 Å². The van der Waals surface area contributed by atoms with Crippen molar-refractivity contribution < 1.29 is 4.92 Å². The van der Waals surface area contributed by atoms with Crippen LogP contribution in [0.15, 0.2) is 182 Å². The van der Waals surface area contributed by atoms with Crippen LogP contribution in [-0.2, 0) is 65.0 Å². The number of fused-ring (bicyclic) bond motifs is 16. The quantitative estimate of drug-likeness (QED) is 0.0513. The van der Waals surface area contributed by atoms with E-state index in [1.807, 2.05) is 0 Å². The van der Waals surface area contributed by atoms with Gasteiger partial charge in [0.1, 0.15) is 11.1 Å². The maximum atomic E-state index is 12.9. The van der Waals surface area contributed by atoms with E-state index in [1.54, 1.807) is 12.1 Å². The molecule has 4 aliphatic rings. The molecule has 0 fully saturated rings. The van der Waals surface area contributed by atoms with Gasteiger partial charge in [0.15, 0.2) is 5.92 Å². The van der Waals surface area contributed by atoms with Crippen LogP contribution in [0.5, 0.6) is 0 Å². The van der Waals surface area contributed by atoms with Crippen molar-refractivity contribution in [2.75, 3.05) is 0 Å². The second-order valence-electron chi connectivity index (χ2n) is 53.5. The van der Waals surface area contributed by atoms with Crippen molar-refractivity contribution in [1.82, 2.24) is 39.9 Å². The maximum absolute atomic E-state index is 12.9. The lowest BCUT2D eigenvalue weighted by atomic mass is 9.78. The van der Waals surface area contributed by atoms with Gasteiger partial charge in [-0.3, -0.25) is 10.1 Å². The van der Waals surface area contributed by atoms with Crippen LogP contribution < -0.4 is 0 Å². The number of nitro groups is 1. The summed E-state index contributed by atoms with van der Waals surface area (Å²) < 4.78 is 0. The molecule has 0 spiro atoms. The van der Waals surface area contributed by atoms with Gasteiger partial charge in [0.2, 0.25) is 0 Å². The van der Waals surface area contributed by atoms with Gasteiger partial charge in [-0.15, -0.1) is 0 Å². The number of nitrogens with one attached hydrogen (secondary N) is 4. The Balaban J connectivity index is 1.02. The molecule has 6 aromatic heterocycles. The summed E-state index contributed by atoms with van der Waals surface area (Å²) in [6, 6.07) is 66.8. The lowest BCUT2D eigenvalue weighted by molar-refractivity contribution is -0.384. The minimum Gasteiger partial charge on any atom is -0.354 e. The highest BCUT2D eigenvalue weighted by Crippen LogP contribution is 2.49. The Labute approximate surface area is 869 Å². The predicted octanol–water partition coefficient (Wildman–Crippen LogP) is 36.1. The summed E-state index contributed by atoms with van der Waals surface area (Å²) >= 11 is 0. The Hall–Kier alpha value is -13.9. The van der Waals surface area contributed by atoms with Crippen molar-refractivity contribution in [3.05, 3.63) is 327 Å². The zero-order valence-electron chi connectivity index (χ0n) is 93.5. The lowest BCUT2D eigenvalue weighted by Crippen LogP contribution is -2.16. The third-order valence-electron chi connectivity index (χ3n) is 29.2. The number of aromatic nitrogens is 8. The second-order valence-corrected chi connectivity index (χ2v) is 53.5. The topological polar surface area (TPSA) is 158 Å². The third-order valence-corrected chi connectivity index (χ3v) is 29.2. The average Bonchev–Trinajstić information content (AvgIpc) is 1.58. The van der Waals surface area contributed by atoms with Crippen LogP contribution in [0.3, 0.4) is 0 Å². The SMILES string of the molecule is CC(C)(C)c1cc(-c2c3nc(c(-c4cc(C(C)(C)C)cc(C(C)(C)C)c4)c4ccc([nH]4)c(-c4cc(C(C)(C)C)cc(C(C)(C)C)c4)c4nc(c(C#C[C+](C#Cc5c6nc(c(-c7cc(C(C)(C)C)cc(C(C)(C)C)c7)c7ccc([nH]7)c(-c7cc(C(C)(C)C)cc(C(C)(C)C)c7)c7nc(c(-c8cc(C(C)(C)C)cc(C(C)(C)C)c8)c8ccc5[nH]8)C=C7)C=C6)c5ccc([N+](=O)[O-])cc5)c5ccc2[nH]5)C=C4)C=C3)cc(C(C)(C)C)c1. The number of aromatic amines is 4. The molecule has 146 heavy (non-hydrogen) atoms. The van der Waals surface area contributed by atoms with Crippen molar-refractivity contribution in [1.29, 1.82) is 0 Å². The standard InChI is InChI=1S/C135H150N9O2/c1-124(2,3)87-61-81(62-88(73-87)125(4,5)6)118-106-49-45-102(136-106)100(103-46-50-107(137-103)119(82-63-89(126(7,8)9)74-90(64-82)127(10,11)12)111-54-58-115(141-111)122(114-57-53-110(118)140-114)85-69-95(132(25,26)27)77-96(70-85)133(28,29)30)43-39-80(79-37-41-99(42-38-79)144(145)146)40-44-101-104-47-51-108(138-104)120(83-65-91(128(13,14)15)75-92(66-83)129(16,17)18)112-55-59-116(142-112)123(86-71-97(134(31,32)33)78-98(72-86)135(34,35)36)117-60-56-113(143-117)121(109-52-48-105(101)139-109)84-67-93(130(19,20)21)76-94(68-84)131(22,23)24/h37-38,41-42,45-78,136,138,141,143H,1-36H3/q+1. The second kappa shape index (κ2) is 36.7. The van der Waals surface area contributed by atoms with Crippen molar-refractivity contribution in [3.63, 3.8) is 0 Å². The first kappa shape index (κ1) is 104. The molecule has 10 heterocycles. The van der Waals surface area contributed by atoms with Gasteiger partial charge >= 0.3 is 0 Å². The number of benzene rings is 7. The lowest BCUT2D eigenvalue weighted by Gasteiger charge is -2.26. The summed E-state index contributed by atoms with van der Waals surface area (Å²) in [5, 5.41) is 12.9. The molecule has 0 amide bonds. The highest BCUT2D eigenvalue weighted by molar-refractivity contribution is 6.02. The fourth-order valence-corrected chi connectivity index (χ4v) is 19.5. The molecule has 0 saturated heterocycles. The minimum atomic E-state index is -0.365. The van der Waals surface area contributed by atoms with Gasteiger partial charge in [-0.25, -0.2) is 19.9 Å². The summed E-state index contributed by atoms with van der Waals surface area (Å²) in [5.41, 5.74) is 37.9. The number of non-ortho nitro benzene ring substituents is 1. The molecule has 11 heteroatoms. The molecule has 11 nitrogen and oxygen atoms in total. The first-order chi connectivity index (χ1) is 67.6. The fourth-order valence-electron chi connectivity index (χ4n) is 19.5. The first-order valence-corrected chi connectivity index (χ1v) is 52.1. The molecule has 17 rings (SSSR count). The smallest absolute Gasteiger partial charge is 0.284 e. The van der Waals surface area contributed by atoms with Crippen LogP contribution >= 0.6 is 0 Å². The molecule has 0 unspecified atom stereocenters. The van der Waals surface area contributed by atoms with Gasteiger partial charge in [0, 0.05) is 102 Å². The molecule has 4 N–H and O–H groups in total. The molecule has 746 valence electrons. The summed E-state index contributed by atoms with van der Waals surface area (Å²) in [5.74, 6) is 15.6. The largest absolute Gasteiger partial charge is 0.354 e. The predicted molar refractivity (Wildman–Crippen MR) is 624 cm³/mol. The van der Waals surface area contributed by atoms with Crippen molar-refractivity contribution in [2.45, 2.75) is 314 Å². The molecular weight excluding hydrogens is 1780 g/mol. The Bertz CT molecular complexity index is 7360. The Morgan fingerprint density at radius 1 is 0.219 bits per heavy atom. The number of H-pyrrole nitrogens is 4. The Morgan fingerprint density at radius 3 is 0.548 bits per heavy atom. The molecule has 7 aromatic carbocycles. The van der Waals surface area contributed by atoms with Gasteiger partial charge in [0.25, 0.3) is 5.69 Å². The van der Waals surface area contributed by atoms with E-state index in [4.69, 9.17) is 19.9 Å². The normalized spacial score (nSPS) is 13.5. The summed E-state index contributed by atoms with van der Waals surface area (Å²) in [4.78, 5) is 52.8. The van der Waals surface area contributed by atoms with Crippen LogP contribution in [0.25, 0.3) is 160 Å². The van der Waals surface area contributed by atoms with Gasteiger partial charge < -0.3 is 19.9 Å².